The highest BCUT2D eigenvalue weighted by Gasteiger charge is 2.42. The highest BCUT2D eigenvalue weighted by Crippen LogP contribution is 2.51. The molecule has 2 aliphatic carbocycles. The molecule has 2 fully saturated rings. The lowest BCUT2D eigenvalue weighted by atomic mass is 9.95. The maximum Gasteiger partial charge on any atom is 0.186 e. The van der Waals surface area contributed by atoms with Gasteiger partial charge in [0.1, 0.15) is 5.75 Å². The number of anilines is 1. The van der Waals surface area contributed by atoms with Crippen LogP contribution in [0.4, 0.5) is 5.69 Å². The molecule has 0 aliphatic heterocycles. The predicted octanol–water partition coefficient (Wildman–Crippen LogP) is 2.29. The fraction of sp³-hybridized carbons (Fsp3) is 0.533. The zero-order valence-corrected chi connectivity index (χ0v) is 12.1. The Kier molecular flexibility index (Phi) is 2.83. The molecule has 0 amide bonds. The number of nitrogens with two attached hydrogens (primary N) is 1. The third-order valence-corrected chi connectivity index (χ3v) is 4.97. The van der Waals surface area contributed by atoms with Crippen molar-refractivity contribution in [1.82, 2.24) is 20.2 Å². The van der Waals surface area contributed by atoms with Crippen LogP contribution in [0.25, 0.3) is 11.4 Å². The van der Waals surface area contributed by atoms with Gasteiger partial charge in [-0.25, -0.2) is 4.68 Å². The minimum absolute atomic E-state index is 0.427. The lowest BCUT2D eigenvalue weighted by molar-refractivity contribution is 0.304. The van der Waals surface area contributed by atoms with E-state index < -0.39 is 0 Å². The molecular weight excluding hydrogens is 266 g/mol. The first kappa shape index (κ1) is 12.6. The van der Waals surface area contributed by atoms with Crippen LogP contribution in [0, 0.1) is 11.8 Å². The number of nitrogen functional groups attached to an aromatic ring is 1. The van der Waals surface area contributed by atoms with Crippen LogP contribution >= 0.6 is 0 Å². The lowest BCUT2D eigenvalue weighted by Crippen LogP contribution is -2.18. The van der Waals surface area contributed by atoms with Crippen molar-refractivity contribution in [1.29, 1.82) is 0 Å². The van der Waals surface area contributed by atoms with Crippen molar-refractivity contribution in [2.75, 3.05) is 12.8 Å². The zero-order valence-electron chi connectivity index (χ0n) is 12.1. The number of methoxy groups -OCH3 is 1. The Morgan fingerprint density at radius 2 is 2.19 bits per heavy atom. The summed E-state index contributed by atoms with van der Waals surface area (Å²) in [4.78, 5) is 0. The van der Waals surface area contributed by atoms with E-state index in [9.17, 15) is 0 Å². The molecule has 2 aliphatic rings. The second-order valence-corrected chi connectivity index (χ2v) is 6.15. The maximum absolute atomic E-state index is 5.83. The average molecular weight is 285 g/mol. The molecule has 2 N–H and O–H groups in total. The summed E-state index contributed by atoms with van der Waals surface area (Å²) in [6.45, 7) is 0. The van der Waals surface area contributed by atoms with E-state index in [1.54, 1.807) is 7.11 Å². The van der Waals surface area contributed by atoms with Crippen molar-refractivity contribution in [3.63, 3.8) is 0 Å². The molecule has 1 aromatic carbocycles. The molecule has 4 rings (SSSR count). The monoisotopic (exact) mass is 285 g/mol. The summed E-state index contributed by atoms with van der Waals surface area (Å²) < 4.78 is 7.44. The Hall–Kier alpha value is -2.11. The van der Waals surface area contributed by atoms with Gasteiger partial charge in [-0.3, -0.25) is 0 Å². The highest BCUT2D eigenvalue weighted by molar-refractivity contribution is 5.67. The number of fused-ring (bicyclic) bond motifs is 2. The SMILES string of the molecule is COc1cc(N)ccc1-c1nnnn1C1CC2CCC1C2. The van der Waals surface area contributed by atoms with Crippen molar-refractivity contribution in [2.45, 2.75) is 31.7 Å². The molecule has 1 heterocycles. The molecule has 3 atom stereocenters. The topological polar surface area (TPSA) is 78.8 Å². The van der Waals surface area contributed by atoms with Crippen LogP contribution in [-0.4, -0.2) is 27.3 Å². The van der Waals surface area contributed by atoms with Gasteiger partial charge in [0.25, 0.3) is 0 Å². The molecule has 2 bridgehead atoms. The summed E-state index contributed by atoms with van der Waals surface area (Å²) in [5, 5.41) is 12.4. The minimum atomic E-state index is 0.427. The first-order chi connectivity index (χ1) is 10.3. The lowest BCUT2D eigenvalue weighted by Gasteiger charge is -2.22. The molecule has 2 saturated carbocycles. The number of tetrazole rings is 1. The van der Waals surface area contributed by atoms with Gasteiger partial charge in [-0.05, 0) is 53.7 Å². The van der Waals surface area contributed by atoms with Gasteiger partial charge in [-0.2, -0.15) is 0 Å². The van der Waals surface area contributed by atoms with Gasteiger partial charge in [0.2, 0.25) is 0 Å². The number of benzene rings is 1. The second kappa shape index (κ2) is 4.72. The fourth-order valence-corrected chi connectivity index (χ4v) is 4.00. The molecule has 6 nitrogen and oxygen atoms in total. The summed E-state index contributed by atoms with van der Waals surface area (Å²) in [7, 11) is 1.64. The molecule has 1 aromatic heterocycles. The number of nitrogens with zero attached hydrogens (tertiary/aromatic N) is 4. The zero-order chi connectivity index (χ0) is 14.4. The van der Waals surface area contributed by atoms with Crippen molar-refractivity contribution in [3.05, 3.63) is 18.2 Å². The van der Waals surface area contributed by atoms with Crippen LogP contribution in [0.3, 0.4) is 0 Å². The van der Waals surface area contributed by atoms with Gasteiger partial charge in [0.15, 0.2) is 5.82 Å². The second-order valence-electron chi connectivity index (χ2n) is 6.15. The van der Waals surface area contributed by atoms with Crippen LogP contribution < -0.4 is 10.5 Å². The average Bonchev–Trinajstić information content (AvgIpc) is 3.22. The molecule has 0 radical (unpaired) electrons. The Labute approximate surface area is 123 Å². The highest BCUT2D eigenvalue weighted by atomic mass is 16.5. The van der Waals surface area contributed by atoms with Crippen LogP contribution in [-0.2, 0) is 0 Å². The number of ether oxygens (including phenoxy) is 1. The van der Waals surface area contributed by atoms with Crippen molar-refractivity contribution < 1.29 is 4.74 Å². The Morgan fingerprint density at radius 1 is 1.29 bits per heavy atom. The first-order valence-corrected chi connectivity index (χ1v) is 7.48. The van der Waals surface area contributed by atoms with E-state index in [0.717, 1.165) is 23.2 Å². The quantitative estimate of drug-likeness (QED) is 0.875. The van der Waals surface area contributed by atoms with Gasteiger partial charge in [0, 0.05) is 11.8 Å². The summed E-state index contributed by atoms with van der Waals surface area (Å²) >= 11 is 0. The molecule has 110 valence electrons. The van der Waals surface area contributed by atoms with E-state index in [1.807, 2.05) is 22.9 Å². The Morgan fingerprint density at radius 3 is 2.90 bits per heavy atom. The molecule has 2 aromatic rings. The van der Waals surface area contributed by atoms with Gasteiger partial charge >= 0.3 is 0 Å². The third kappa shape index (κ3) is 1.97. The van der Waals surface area contributed by atoms with Gasteiger partial charge in [-0.1, -0.05) is 6.42 Å². The van der Waals surface area contributed by atoms with Crippen LogP contribution in [0.15, 0.2) is 18.2 Å². The van der Waals surface area contributed by atoms with E-state index in [2.05, 4.69) is 15.5 Å². The summed E-state index contributed by atoms with van der Waals surface area (Å²) in [6, 6.07) is 6.03. The summed E-state index contributed by atoms with van der Waals surface area (Å²) in [6.07, 6.45) is 5.18. The number of hydrogen-bond acceptors (Lipinski definition) is 5. The normalized spacial score (nSPS) is 27.2. The Balaban J connectivity index is 1.75. The number of rotatable bonds is 3. The molecule has 6 heteroatoms. The van der Waals surface area contributed by atoms with Gasteiger partial charge in [0.05, 0.1) is 18.7 Å². The van der Waals surface area contributed by atoms with Crippen LogP contribution in [0.1, 0.15) is 31.7 Å². The van der Waals surface area contributed by atoms with Crippen LogP contribution in [0.2, 0.25) is 0 Å². The van der Waals surface area contributed by atoms with Gasteiger partial charge in [-0.15, -0.1) is 5.10 Å². The predicted molar refractivity (Wildman–Crippen MR) is 78.7 cm³/mol. The largest absolute Gasteiger partial charge is 0.496 e. The first-order valence-electron chi connectivity index (χ1n) is 7.48. The molecule has 0 spiro atoms. The standard InChI is InChI=1S/C15H19N5O/c1-21-14-8-11(16)4-5-12(14)15-17-18-19-20(15)13-7-9-2-3-10(13)6-9/h4-5,8-10,13H,2-3,6-7,16H2,1H3. The van der Waals surface area contributed by atoms with E-state index in [0.29, 0.717) is 17.5 Å². The van der Waals surface area contributed by atoms with E-state index in [1.165, 1.54) is 25.7 Å². The molecular formula is C15H19N5O. The third-order valence-electron chi connectivity index (χ3n) is 4.97. The molecule has 21 heavy (non-hydrogen) atoms. The van der Waals surface area contributed by atoms with E-state index in [-0.39, 0.29) is 0 Å². The minimum Gasteiger partial charge on any atom is -0.496 e. The maximum atomic E-state index is 5.83. The van der Waals surface area contributed by atoms with E-state index >= 15 is 0 Å². The van der Waals surface area contributed by atoms with Gasteiger partial charge < -0.3 is 10.5 Å². The number of aromatic nitrogens is 4. The van der Waals surface area contributed by atoms with E-state index in [4.69, 9.17) is 10.5 Å². The van der Waals surface area contributed by atoms with Crippen molar-refractivity contribution >= 4 is 5.69 Å². The van der Waals surface area contributed by atoms with Crippen LogP contribution in [0.5, 0.6) is 5.75 Å². The summed E-state index contributed by atoms with van der Waals surface area (Å²) in [5.74, 6) is 3.07. The fourth-order valence-electron chi connectivity index (χ4n) is 4.00. The number of hydrogen-bond donors (Lipinski definition) is 1. The smallest absolute Gasteiger partial charge is 0.186 e. The van der Waals surface area contributed by atoms with Crippen molar-refractivity contribution in [3.8, 4) is 17.1 Å². The van der Waals surface area contributed by atoms with Crippen molar-refractivity contribution in [2.24, 2.45) is 11.8 Å². The molecule has 0 saturated heterocycles. The molecule has 3 unspecified atom stereocenters. The summed E-state index contributed by atoms with van der Waals surface area (Å²) in [5.41, 5.74) is 7.41. The Bertz CT molecular complexity index is 668.